The van der Waals surface area contributed by atoms with Crippen molar-refractivity contribution in [1.29, 1.82) is 0 Å². The Labute approximate surface area is 159 Å². The van der Waals surface area contributed by atoms with Crippen molar-refractivity contribution in [1.82, 2.24) is 9.78 Å². The van der Waals surface area contributed by atoms with Crippen LogP contribution < -0.4 is 10.1 Å². The molecule has 1 saturated heterocycles. The van der Waals surface area contributed by atoms with E-state index in [1.807, 2.05) is 18.2 Å². The molecule has 2 heterocycles. The zero-order chi connectivity index (χ0) is 18.0. The molecule has 1 aliphatic heterocycles. The summed E-state index contributed by atoms with van der Waals surface area (Å²) in [5.74, 6) is 1.03. The highest BCUT2D eigenvalue weighted by Gasteiger charge is 2.31. The Kier molecular flexibility index (Phi) is 5.32. The molecule has 1 atom stereocenters. The van der Waals surface area contributed by atoms with Crippen LogP contribution in [0.4, 0.5) is 5.82 Å². The molecule has 134 valence electrons. The number of rotatable bonds is 5. The van der Waals surface area contributed by atoms with Gasteiger partial charge in [0.05, 0.1) is 26.8 Å². The summed E-state index contributed by atoms with van der Waals surface area (Å²) in [4.78, 5) is 12.2. The Morgan fingerprint density at radius 2 is 2.20 bits per heavy atom. The van der Waals surface area contributed by atoms with Crippen molar-refractivity contribution >= 4 is 44.2 Å². The van der Waals surface area contributed by atoms with E-state index in [1.54, 1.807) is 23.7 Å². The first kappa shape index (κ1) is 18.2. The number of carbonyl (C=O) groups excluding carboxylic acids is 1. The summed E-state index contributed by atoms with van der Waals surface area (Å²) >= 11 is 2.14. The van der Waals surface area contributed by atoms with Crippen molar-refractivity contribution in [2.75, 3.05) is 23.4 Å². The van der Waals surface area contributed by atoms with Gasteiger partial charge in [-0.25, -0.2) is 13.1 Å². The van der Waals surface area contributed by atoms with Gasteiger partial charge in [0.15, 0.2) is 16.4 Å². The minimum atomic E-state index is -3.03. The molecule has 1 aromatic heterocycles. The molecule has 0 radical (unpaired) electrons. The van der Waals surface area contributed by atoms with Crippen molar-refractivity contribution in [3.8, 4) is 5.75 Å². The van der Waals surface area contributed by atoms with Crippen LogP contribution in [-0.4, -0.2) is 42.2 Å². The lowest BCUT2D eigenvalue weighted by atomic mass is 10.3. The van der Waals surface area contributed by atoms with Crippen molar-refractivity contribution in [3.05, 3.63) is 39.6 Å². The molecule has 1 fully saturated rings. The monoisotopic (exact) mass is 475 g/mol. The van der Waals surface area contributed by atoms with Gasteiger partial charge in [0.2, 0.25) is 0 Å². The standard InChI is InChI=1S/C16H18IN3O4S/c1-11-8-15(20(19-11)12-6-7-25(22,23)10-12)18-16(21)9-24-14-5-3-2-4-13(14)17/h2-5,8,12H,6-7,9-10H2,1H3,(H,18,21). The van der Waals surface area contributed by atoms with Crippen LogP contribution in [0.25, 0.3) is 0 Å². The van der Waals surface area contributed by atoms with Crippen molar-refractivity contribution in [2.24, 2.45) is 0 Å². The van der Waals surface area contributed by atoms with Gasteiger partial charge < -0.3 is 10.1 Å². The molecule has 7 nitrogen and oxygen atoms in total. The first-order valence-electron chi connectivity index (χ1n) is 7.78. The summed E-state index contributed by atoms with van der Waals surface area (Å²) in [6, 6.07) is 8.92. The molecule has 1 aliphatic rings. The number of nitrogens with zero attached hydrogens (tertiary/aromatic N) is 2. The quantitative estimate of drug-likeness (QED) is 0.670. The number of hydrogen-bond acceptors (Lipinski definition) is 5. The van der Waals surface area contributed by atoms with Gasteiger partial charge in [0.1, 0.15) is 11.6 Å². The average molecular weight is 475 g/mol. The van der Waals surface area contributed by atoms with Crippen LogP contribution in [0.1, 0.15) is 18.2 Å². The molecular weight excluding hydrogens is 457 g/mol. The molecule has 0 saturated carbocycles. The minimum Gasteiger partial charge on any atom is -0.483 e. The normalized spacial score (nSPS) is 18.9. The Hall–Kier alpha value is -1.62. The van der Waals surface area contributed by atoms with Gasteiger partial charge in [-0.3, -0.25) is 4.79 Å². The van der Waals surface area contributed by atoms with E-state index in [2.05, 4.69) is 33.0 Å². The largest absolute Gasteiger partial charge is 0.483 e. The highest BCUT2D eigenvalue weighted by atomic mass is 127. The topological polar surface area (TPSA) is 90.3 Å². The summed E-state index contributed by atoms with van der Waals surface area (Å²) in [5, 5.41) is 7.10. The van der Waals surface area contributed by atoms with Crippen molar-refractivity contribution < 1.29 is 17.9 Å². The predicted octanol–water partition coefficient (Wildman–Crippen LogP) is 2.17. The Morgan fingerprint density at radius 1 is 1.44 bits per heavy atom. The number of amides is 1. The number of anilines is 1. The van der Waals surface area contributed by atoms with Crippen LogP contribution in [0, 0.1) is 10.5 Å². The molecule has 3 rings (SSSR count). The lowest BCUT2D eigenvalue weighted by Gasteiger charge is -2.14. The number of ether oxygens (including phenoxy) is 1. The summed E-state index contributed by atoms with van der Waals surface area (Å²) < 4.78 is 31.4. The number of carbonyl (C=O) groups is 1. The minimum absolute atomic E-state index is 0.0513. The van der Waals surface area contributed by atoms with Gasteiger partial charge in [0.25, 0.3) is 5.91 Å². The van der Waals surface area contributed by atoms with Crippen LogP contribution in [0.5, 0.6) is 5.75 Å². The third-order valence-corrected chi connectivity index (χ3v) is 6.52. The predicted molar refractivity (Wildman–Crippen MR) is 103 cm³/mol. The first-order chi connectivity index (χ1) is 11.8. The molecule has 0 aliphatic carbocycles. The van der Waals surface area contributed by atoms with Crippen LogP contribution in [0.2, 0.25) is 0 Å². The van der Waals surface area contributed by atoms with Crippen LogP contribution in [0.15, 0.2) is 30.3 Å². The maximum atomic E-state index is 12.2. The second-order valence-electron chi connectivity index (χ2n) is 5.94. The van der Waals surface area contributed by atoms with Gasteiger partial charge in [-0.2, -0.15) is 5.10 Å². The van der Waals surface area contributed by atoms with E-state index in [4.69, 9.17) is 4.74 Å². The first-order valence-corrected chi connectivity index (χ1v) is 10.7. The maximum Gasteiger partial charge on any atom is 0.263 e. The number of halogens is 1. The van der Waals surface area contributed by atoms with E-state index in [0.29, 0.717) is 18.0 Å². The van der Waals surface area contributed by atoms with Gasteiger partial charge in [-0.05, 0) is 48.1 Å². The number of nitrogens with one attached hydrogen (secondary N) is 1. The summed E-state index contributed by atoms with van der Waals surface area (Å²) in [7, 11) is -3.03. The number of benzene rings is 1. The number of sulfone groups is 1. The van der Waals surface area contributed by atoms with E-state index >= 15 is 0 Å². The molecule has 1 unspecified atom stereocenters. The van der Waals surface area contributed by atoms with E-state index in [9.17, 15) is 13.2 Å². The number of aromatic nitrogens is 2. The molecule has 9 heteroatoms. The average Bonchev–Trinajstić information content (AvgIpc) is 3.08. The molecule has 1 N–H and O–H groups in total. The summed E-state index contributed by atoms with van der Waals surface area (Å²) in [6.45, 7) is 1.67. The number of hydrogen-bond donors (Lipinski definition) is 1. The fraction of sp³-hybridized carbons (Fsp3) is 0.375. The third-order valence-electron chi connectivity index (χ3n) is 3.88. The fourth-order valence-electron chi connectivity index (χ4n) is 2.74. The number of para-hydroxylation sites is 1. The zero-order valence-corrected chi connectivity index (χ0v) is 16.6. The van der Waals surface area contributed by atoms with E-state index < -0.39 is 9.84 Å². The zero-order valence-electron chi connectivity index (χ0n) is 13.6. The third kappa shape index (κ3) is 4.51. The second-order valence-corrected chi connectivity index (χ2v) is 9.33. The highest BCUT2D eigenvalue weighted by molar-refractivity contribution is 14.1. The maximum absolute atomic E-state index is 12.2. The number of aryl methyl sites for hydroxylation is 1. The Morgan fingerprint density at radius 3 is 2.88 bits per heavy atom. The second kappa shape index (κ2) is 7.32. The fourth-order valence-corrected chi connectivity index (χ4v) is 4.98. The summed E-state index contributed by atoms with van der Waals surface area (Å²) in [6.07, 6.45) is 0.505. The van der Waals surface area contributed by atoms with Crippen LogP contribution >= 0.6 is 22.6 Å². The molecule has 0 bridgehead atoms. The molecule has 0 spiro atoms. The van der Waals surface area contributed by atoms with E-state index in [-0.39, 0.29) is 30.1 Å². The molecule has 1 amide bonds. The van der Waals surface area contributed by atoms with E-state index in [0.717, 1.165) is 9.26 Å². The van der Waals surface area contributed by atoms with Crippen LogP contribution in [-0.2, 0) is 14.6 Å². The molecule has 25 heavy (non-hydrogen) atoms. The van der Waals surface area contributed by atoms with E-state index in [1.165, 1.54) is 0 Å². The van der Waals surface area contributed by atoms with Gasteiger partial charge in [0, 0.05) is 6.07 Å². The Bertz CT molecular complexity index is 895. The molecule has 1 aromatic carbocycles. The molecular formula is C16H18IN3O4S. The van der Waals surface area contributed by atoms with Gasteiger partial charge >= 0.3 is 0 Å². The SMILES string of the molecule is Cc1cc(NC(=O)COc2ccccc2I)n(C2CCS(=O)(=O)C2)n1. The lowest BCUT2D eigenvalue weighted by Crippen LogP contribution is -2.24. The smallest absolute Gasteiger partial charge is 0.263 e. The van der Waals surface area contributed by atoms with Crippen LogP contribution in [0.3, 0.4) is 0 Å². The Balaban J connectivity index is 1.67. The highest BCUT2D eigenvalue weighted by Crippen LogP contribution is 2.27. The van der Waals surface area contributed by atoms with Crippen molar-refractivity contribution in [3.63, 3.8) is 0 Å². The molecule has 2 aromatic rings. The van der Waals surface area contributed by atoms with Gasteiger partial charge in [-0.15, -0.1) is 0 Å². The van der Waals surface area contributed by atoms with Crippen molar-refractivity contribution in [2.45, 2.75) is 19.4 Å². The lowest BCUT2D eigenvalue weighted by molar-refractivity contribution is -0.118. The summed E-state index contributed by atoms with van der Waals surface area (Å²) in [5.41, 5.74) is 0.720. The van der Waals surface area contributed by atoms with Gasteiger partial charge in [-0.1, -0.05) is 12.1 Å².